The average molecular weight is 529 g/mol. The molecule has 0 saturated heterocycles. The number of halogens is 1. The minimum absolute atomic E-state index is 0.0669. The smallest absolute Gasteiger partial charge is 0.258 e. The van der Waals surface area contributed by atoms with Gasteiger partial charge in [0.25, 0.3) is 5.91 Å². The van der Waals surface area contributed by atoms with Gasteiger partial charge >= 0.3 is 0 Å². The van der Waals surface area contributed by atoms with Crippen LogP contribution in [0.1, 0.15) is 42.2 Å². The van der Waals surface area contributed by atoms with Crippen molar-refractivity contribution in [2.45, 2.75) is 38.9 Å². The Bertz CT molecular complexity index is 1400. The van der Waals surface area contributed by atoms with E-state index >= 15 is 0 Å². The fourth-order valence-corrected chi connectivity index (χ4v) is 5.17. The van der Waals surface area contributed by atoms with Crippen LogP contribution < -0.4 is 14.5 Å². The number of imidazole rings is 1. The van der Waals surface area contributed by atoms with Gasteiger partial charge in [-0.1, -0.05) is 29.8 Å². The summed E-state index contributed by atoms with van der Waals surface area (Å²) in [5, 5.41) is 0.612. The number of ether oxygens (including phenoxy) is 1. The molecule has 2 amide bonds. The second kappa shape index (κ2) is 11.1. The highest BCUT2D eigenvalue weighted by atomic mass is 35.5. The number of nitrogens with zero attached hydrogens (tertiary/aromatic N) is 4. The maximum atomic E-state index is 13.8. The van der Waals surface area contributed by atoms with Crippen LogP contribution in [-0.4, -0.2) is 34.0 Å². The Labute approximate surface area is 227 Å². The summed E-state index contributed by atoms with van der Waals surface area (Å²) in [6.07, 6.45) is 5.97. The topological polar surface area (TPSA) is 67.7 Å². The zero-order chi connectivity index (χ0) is 26.6. The molecule has 0 unspecified atom stereocenters. The third-order valence-corrected chi connectivity index (χ3v) is 7.07. The Kier molecular flexibility index (Phi) is 7.47. The van der Waals surface area contributed by atoms with E-state index in [0.717, 1.165) is 16.9 Å². The molecule has 0 N–H and O–H groups in total. The van der Waals surface area contributed by atoms with Gasteiger partial charge < -0.3 is 19.1 Å². The Hall–Kier alpha value is -4.10. The molecule has 1 aliphatic rings. The van der Waals surface area contributed by atoms with Crippen molar-refractivity contribution < 1.29 is 14.3 Å². The molecule has 0 radical (unpaired) electrons. The van der Waals surface area contributed by atoms with Crippen LogP contribution in [0, 0.1) is 0 Å². The van der Waals surface area contributed by atoms with E-state index in [1.165, 1.54) is 0 Å². The minimum atomic E-state index is -0.213. The Morgan fingerprint density at radius 3 is 2.47 bits per heavy atom. The summed E-state index contributed by atoms with van der Waals surface area (Å²) in [6, 6.07) is 22.0. The molecule has 1 aliphatic heterocycles. The highest BCUT2D eigenvalue weighted by Gasteiger charge is 2.38. The molecule has 1 aromatic heterocycles. The molecular formula is C30H29ClN4O3. The van der Waals surface area contributed by atoms with Crippen molar-refractivity contribution in [3.05, 3.63) is 108 Å². The number of carbonyl (C=O) groups excluding carboxylic acids is 2. The lowest BCUT2D eigenvalue weighted by Gasteiger charge is -2.43. The summed E-state index contributed by atoms with van der Waals surface area (Å²) in [4.78, 5) is 34.3. The Balaban J connectivity index is 1.37. The second-order valence-corrected chi connectivity index (χ2v) is 9.81. The van der Waals surface area contributed by atoms with Gasteiger partial charge in [0.15, 0.2) is 0 Å². The van der Waals surface area contributed by atoms with Gasteiger partial charge in [0, 0.05) is 47.3 Å². The van der Waals surface area contributed by atoms with E-state index in [-0.39, 0.29) is 23.9 Å². The van der Waals surface area contributed by atoms with E-state index in [9.17, 15) is 9.59 Å². The number of amides is 2. The van der Waals surface area contributed by atoms with Crippen molar-refractivity contribution in [3.63, 3.8) is 0 Å². The summed E-state index contributed by atoms with van der Waals surface area (Å²) in [7, 11) is 0. The molecule has 2 heterocycles. The summed E-state index contributed by atoms with van der Waals surface area (Å²) in [6.45, 7) is 4.78. The number of hydrogen-bond acceptors (Lipinski definition) is 4. The number of carbonyl (C=O) groups is 2. The number of fused-ring (bicyclic) bond motifs is 1. The van der Waals surface area contributed by atoms with E-state index in [1.54, 1.807) is 48.6 Å². The lowest BCUT2D eigenvalue weighted by molar-refractivity contribution is -0.117. The SMILES string of the molecule is CC(=O)N(c1ccc(Cl)cc1)[C@@H]1C[C@H](C)N(C(=O)c2ccc(OCCn3ccnc3)cc2)c2ccccc21. The van der Waals surface area contributed by atoms with Crippen LogP contribution in [-0.2, 0) is 11.3 Å². The number of rotatable bonds is 7. The summed E-state index contributed by atoms with van der Waals surface area (Å²) in [5.74, 6) is 0.547. The molecule has 8 heteroatoms. The molecule has 0 spiro atoms. The van der Waals surface area contributed by atoms with E-state index in [4.69, 9.17) is 16.3 Å². The van der Waals surface area contributed by atoms with Gasteiger partial charge in [-0.2, -0.15) is 0 Å². The largest absolute Gasteiger partial charge is 0.492 e. The minimum Gasteiger partial charge on any atom is -0.492 e. The van der Waals surface area contributed by atoms with Crippen molar-refractivity contribution >= 4 is 34.8 Å². The normalized spacial score (nSPS) is 16.6. The van der Waals surface area contributed by atoms with Crippen LogP contribution in [0.3, 0.4) is 0 Å². The van der Waals surface area contributed by atoms with Gasteiger partial charge in [-0.05, 0) is 73.5 Å². The number of benzene rings is 3. The van der Waals surface area contributed by atoms with Gasteiger partial charge in [0.05, 0.1) is 18.9 Å². The lowest BCUT2D eigenvalue weighted by Crippen LogP contribution is -2.47. The standard InChI is InChI=1S/C30H29ClN4O3/c1-21-19-29(35(22(2)36)25-11-9-24(31)10-12-25)27-5-3-4-6-28(27)34(21)30(37)23-7-13-26(14-8-23)38-18-17-33-16-15-32-20-33/h3-16,20-21,29H,17-19H2,1-2H3/t21-,29+/m0/s1. The quantitative estimate of drug-likeness (QED) is 0.288. The molecular weight excluding hydrogens is 500 g/mol. The third kappa shape index (κ3) is 5.29. The number of hydrogen-bond donors (Lipinski definition) is 0. The maximum absolute atomic E-state index is 13.8. The molecule has 7 nitrogen and oxygen atoms in total. The Morgan fingerprint density at radius 2 is 1.79 bits per heavy atom. The zero-order valence-electron chi connectivity index (χ0n) is 21.3. The molecule has 0 fully saturated rings. The second-order valence-electron chi connectivity index (χ2n) is 9.37. The summed E-state index contributed by atoms with van der Waals surface area (Å²) < 4.78 is 7.77. The third-order valence-electron chi connectivity index (χ3n) is 6.81. The van der Waals surface area contributed by atoms with Crippen LogP contribution in [0.25, 0.3) is 0 Å². The van der Waals surface area contributed by atoms with Gasteiger partial charge in [-0.25, -0.2) is 4.98 Å². The van der Waals surface area contributed by atoms with Gasteiger partial charge in [0.1, 0.15) is 12.4 Å². The van der Waals surface area contributed by atoms with E-state index < -0.39 is 0 Å². The molecule has 0 aliphatic carbocycles. The van der Waals surface area contributed by atoms with Gasteiger partial charge in [-0.15, -0.1) is 0 Å². The van der Waals surface area contributed by atoms with Crippen molar-refractivity contribution in [2.75, 3.05) is 16.4 Å². The average Bonchev–Trinajstić information content (AvgIpc) is 3.43. The van der Waals surface area contributed by atoms with Crippen molar-refractivity contribution in [1.82, 2.24) is 9.55 Å². The van der Waals surface area contributed by atoms with Crippen LogP contribution in [0.4, 0.5) is 11.4 Å². The van der Waals surface area contributed by atoms with Crippen LogP contribution in [0.5, 0.6) is 5.75 Å². The molecule has 5 rings (SSSR count). The predicted octanol–water partition coefficient (Wildman–Crippen LogP) is 6.15. The molecule has 38 heavy (non-hydrogen) atoms. The maximum Gasteiger partial charge on any atom is 0.258 e. The van der Waals surface area contributed by atoms with E-state index in [1.807, 2.05) is 71.1 Å². The Morgan fingerprint density at radius 1 is 1.05 bits per heavy atom. The monoisotopic (exact) mass is 528 g/mol. The van der Waals surface area contributed by atoms with Crippen molar-refractivity contribution in [3.8, 4) is 5.75 Å². The molecule has 0 bridgehead atoms. The predicted molar refractivity (Wildman–Crippen MR) is 149 cm³/mol. The number of para-hydroxylation sites is 1. The van der Waals surface area contributed by atoms with Crippen molar-refractivity contribution in [2.24, 2.45) is 0 Å². The van der Waals surface area contributed by atoms with Gasteiger partial charge in [-0.3, -0.25) is 9.59 Å². The molecule has 3 aromatic carbocycles. The summed E-state index contributed by atoms with van der Waals surface area (Å²) >= 11 is 6.10. The molecule has 194 valence electrons. The van der Waals surface area contributed by atoms with Crippen LogP contribution in [0.15, 0.2) is 91.5 Å². The highest BCUT2D eigenvalue weighted by molar-refractivity contribution is 6.30. The fraction of sp³-hybridized carbons (Fsp3) is 0.233. The highest BCUT2D eigenvalue weighted by Crippen LogP contribution is 2.43. The fourth-order valence-electron chi connectivity index (χ4n) is 5.04. The van der Waals surface area contributed by atoms with Crippen molar-refractivity contribution in [1.29, 1.82) is 0 Å². The first-order valence-electron chi connectivity index (χ1n) is 12.6. The summed E-state index contributed by atoms with van der Waals surface area (Å²) in [5.41, 5.74) is 3.09. The first-order valence-corrected chi connectivity index (χ1v) is 13.0. The van der Waals surface area contributed by atoms with Crippen LogP contribution >= 0.6 is 11.6 Å². The number of anilines is 2. The molecule has 2 atom stereocenters. The molecule has 0 saturated carbocycles. The zero-order valence-corrected chi connectivity index (χ0v) is 22.1. The lowest BCUT2D eigenvalue weighted by atomic mass is 9.89. The first kappa shape index (κ1) is 25.5. The first-order chi connectivity index (χ1) is 18.4. The molecule has 4 aromatic rings. The van der Waals surface area contributed by atoms with E-state index in [2.05, 4.69) is 4.98 Å². The van der Waals surface area contributed by atoms with Crippen LogP contribution in [0.2, 0.25) is 5.02 Å². The van der Waals surface area contributed by atoms with E-state index in [0.29, 0.717) is 35.9 Å². The number of aromatic nitrogens is 2. The van der Waals surface area contributed by atoms with Gasteiger partial charge in [0.2, 0.25) is 5.91 Å².